The smallest absolute Gasteiger partial charge is 0.336 e. The summed E-state index contributed by atoms with van der Waals surface area (Å²) in [6, 6.07) is 28.3. The maximum Gasteiger partial charge on any atom is 0.336 e. The van der Waals surface area contributed by atoms with Gasteiger partial charge in [-0.1, -0.05) is 60.7 Å². The Hall–Kier alpha value is -4.95. The van der Waals surface area contributed by atoms with E-state index in [0.717, 1.165) is 23.3 Å². The Morgan fingerprint density at radius 1 is 0.641 bits per heavy atom. The monoisotopic (exact) mass is 525 g/mol. The minimum absolute atomic E-state index is 0.0324. The number of carboxylic acids is 2. The van der Waals surface area contributed by atoms with Crippen LogP contribution in [0.5, 0.6) is 11.5 Å². The molecule has 0 aromatic heterocycles. The lowest BCUT2D eigenvalue weighted by Gasteiger charge is -2.24. The van der Waals surface area contributed by atoms with Crippen molar-refractivity contribution in [2.24, 2.45) is 0 Å². The molecule has 3 N–H and O–H groups in total. The summed E-state index contributed by atoms with van der Waals surface area (Å²) in [7, 11) is 0. The molecule has 0 radical (unpaired) electrons. The van der Waals surface area contributed by atoms with Crippen LogP contribution in [0.1, 0.15) is 43.0 Å². The Labute approximate surface area is 225 Å². The van der Waals surface area contributed by atoms with Gasteiger partial charge in [-0.2, -0.15) is 0 Å². The van der Waals surface area contributed by atoms with Gasteiger partial charge in [0.1, 0.15) is 11.5 Å². The van der Waals surface area contributed by atoms with E-state index < -0.39 is 18.5 Å². The lowest BCUT2D eigenvalue weighted by atomic mass is 9.96. The first-order chi connectivity index (χ1) is 18.8. The molecule has 0 saturated carbocycles. The molecule has 8 nitrogen and oxygen atoms in total. The molecule has 4 rings (SSSR count). The zero-order valence-electron chi connectivity index (χ0n) is 21.0. The van der Waals surface area contributed by atoms with Gasteiger partial charge in [-0.25, -0.2) is 9.59 Å². The highest BCUT2D eigenvalue weighted by molar-refractivity contribution is 5.96. The molecule has 0 fully saturated rings. The zero-order valence-corrected chi connectivity index (χ0v) is 21.0. The van der Waals surface area contributed by atoms with E-state index in [4.69, 9.17) is 4.74 Å². The normalized spacial score (nSPS) is 10.6. The van der Waals surface area contributed by atoms with Crippen molar-refractivity contribution in [1.82, 2.24) is 4.90 Å². The van der Waals surface area contributed by atoms with Crippen LogP contribution in [-0.4, -0.2) is 38.1 Å². The first-order valence-corrected chi connectivity index (χ1v) is 12.2. The van der Waals surface area contributed by atoms with Crippen molar-refractivity contribution in [3.05, 3.63) is 130 Å². The molecule has 4 aromatic carbocycles. The number of carbonyl (C=O) groups excluding carboxylic acids is 1. The molecule has 0 heterocycles. The summed E-state index contributed by atoms with van der Waals surface area (Å²) in [5, 5.41) is 28.8. The Balaban J connectivity index is 1.59. The molecule has 0 atom stereocenters. The molecule has 0 saturated heterocycles. The fourth-order valence-electron chi connectivity index (χ4n) is 4.18. The summed E-state index contributed by atoms with van der Waals surface area (Å²) in [5.74, 6) is -1.66. The number of benzene rings is 4. The van der Waals surface area contributed by atoms with E-state index in [0.29, 0.717) is 11.5 Å². The Kier molecular flexibility index (Phi) is 8.71. The van der Waals surface area contributed by atoms with Crippen molar-refractivity contribution >= 4 is 17.8 Å². The highest BCUT2D eigenvalue weighted by Gasteiger charge is 2.23. The van der Waals surface area contributed by atoms with E-state index in [1.165, 1.54) is 0 Å². The fraction of sp³-hybridized carbons (Fsp3) is 0.129. The summed E-state index contributed by atoms with van der Waals surface area (Å²) >= 11 is 0. The molecule has 4 aromatic rings. The lowest BCUT2D eigenvalue weighted by molar-refractivity contribution is -0.131. The van der Waals surface area contributed by atoms with Gasteiger partial charge in [0.25, 0.3) is 0 Å². The van der Waals surface area contributed by atoms with Crippen molar-refractivity contribution in [2.75, 3.05) is 0 Å². The predicted molar refractivity (Wildman–Crippen MR) is 144 cm³/mol. The molecule has 0 aliphatic heterocycles. The standard InChI is InChI=1S/C31H27NO7/c33-20-24-16-27(30(35)36)23(15-28(24)31(37)38)17-29(34)32(18-21-7-3-1-4-8-21)19-22-11-13-26(14-12-22)39-25-9-5-2-6-10-25/h1-16,33H,17-20H2,(H,35,36)(H,37,38). The number of aliphatic hydroxyl groups is 1. The third-order valence-electron chi connectivity index (χ3n) is 6.15. The van der Waals surface area contributed by atoms with Crippen molar-refractivity contribution in [2.45, 2.75) is 26.1 Å². The van der Waals surface area contributed by atoms with Crippen LogP contribution in [0.15, 0.2) is 97.1 Å². The van der Waals surface area contributed by atoms with E-state index in [9.17, 15) is 29.7 Å². The minimum atomic E-state index is -1.32. The third kappa shape index (κ3) is 7.09. The quantitative estimate of drug-likeness (QED) is 0.248. The van der Waals surface area contributed by atoms with Gasteiger partial charge in [-0.15, -0.1) is 0 Å². The number of carboxylic acid groups (broad SMARTS) is 2. The summed E-state index contributed by atoms with van der Waals surface area (Å²) < 4.78 is 5.84. The van der Waals surface area contributed by atoms with Crippen LogP contribution in [0.2, 0.25) is 0 Å². The van der Waals surface area contributed by atoms with E-state index in [2.05, 4.69) is 0 Å². The molecule has 8 heteroatoms. The SMILES string of the molecule is O=C(O)c1cc(CC(=O)N(Cc2ccccc2)Cc2ccc(Oc3ccccc3)cc2)c(C(=O)O)cc1CO. The lowest BCUT2D eigenvalue weighted by Crippen LogP contribution is -2.32. The largest absolute Gasteiger partial charge is 0.478 e. The number of hydrogen-bond acceptors (Lipinski definition) is 5. The Morgan fingerprint density at radius 2 is 1.13 bits per heavy atom. The molecule has 39 heavy (non-hydrogen) atoms. The summed E-state index contributed by atoms with van der Waals surface area (Å²) in [6.45, 7) is -0.132. The zero-order chi connectivity index (χ0) is 27.8. The highest BCUT2D eigenvalue weighted by atomic mass is 16.5. The number of ether oxygens (including phenoxy) is 1. The van der Waals surface area contributed by atoms with Crippen LogP contribution >= 0.6 is 0 Å². The number of para-hydroxylation sites is 1. The van der Waals surface area contributed by atoms with Crippen LogP contribution in [0.25, 0.3) is 0 Å². The molecular weight excluding hydrogens is 498 g/mol. The minimum Gasteiger partial charge on any atom is -0.478 e. The summed E-state index contributed by atoms with van der Waals surface area (Å²) in [5.41, 5.74) is 1.28. The third-order valence-corrected chi connectivity index (χ3v) is 6.15. The van der Waals surface area contributed by atoms with Crippen molar-refractivity contribution in [3.63, 3.8) is 0 Å². The second-order valence-corrected chi connectivity index (χ2v) is 8.91. The van der Waals surface area contributed by atoms with Crippen LogP contribution in [-0.2, 0) is 30.9 Å². The van der Waals surface area contributed by atoms with Gasteiger partial charge >= 0.3 is 11.9 Å². The van der Waals surface area contributed by atoms with E-state index >= 15 is 0 Å². The van der Waals surface area contributed by atoms with Gasteiger partial charge in [0.05, 0.1) is 24.2 Å². The average Bonchev–Trinajstić information content (AvgIpc) is 2.94. The van der Waals surface area contributed by atoms with E-state index in [-0.39, 0.29) is 47.7 Å². The van der Waals surface area contributed by atoms with Gasteiger partial charge in [-0.05, 0) is 58.7 Å². The molecule has 0 unspecified atom stereocenters. The number of aromatic carboxylic acids is 2. The number of aliphatic hydroxyl groups excluding tert-OH is 1. The van der Waals surface area contributed by atoms with Gasteiger partial charge in [0.15, 0.2) is 0 Å². The Bertz CT molecular complexity index is 1450. The predicted octanol–water partition coefficient (Wildman–Crippen LogP) is 5.14. The van der Waals surface area contributed by atoms with Crippen LogP contribution < -0.4 is 4.74 Å². The van der Waals surface area contributed by atoms with Crippen molar-refractivity contribution in [1.29, 1.82) is 0 Å². The average molecular weight is 526 g/mol. The van der Waals surface area contributed by atoms with Gasteiger partial charge in [0, 0.05) is 13.1 Å². The first kappa shape index (κ1) is 27.1. The van der Waals surface area contributed by atoms with Gasteiger partial charge in [-0.3, -0.25) is 4.79 Å². The summed E-state index contributed by atoms with van der Waals surface area (Å²) in [6.07, 6.45) is -0.324. The van der Waals surface area contributed by atoms with E-state index in [1.807, 2.05) is 84.9 Å². The maximum absolute atomic E-state index is 13.6. The van der Waals surface area contributed by atoms with Crippen molar-refractivity contribution < 1.29 is 34.4 Å². The summed E-state index contributed by atoms with van der Waals surface area (Å²) in [4.78, 5) is 38.7. The Morgan fingerprint density at radius 3 is 1.69 bits per heavy atom. The van der Waals surface area contributed by atoms with Gasteiger partial charge < -0.3 is 25.0 Å². The number of amides is 1. The van der Waals surface area contributed by atoms with Crippen LogP contribution in [0.4, 0.5) is 0 Å². The number of rotatable bonds is 11. The topological polar surface area (TPSA) is 124 Å². The van der Waals surface area contributed by atoms with Gasteiger partial charge in [0.2, 0.25) is 5.91 Å². The van der Waals surface area contributed by atoms with Crippen LogP contribution in [0, 0.1) is 0 Å². The molecular formula is C31H27NO7. The van der Waals surface area contributed by atoms with Crippen LogP contribution in [0.3, 0.4) is 0 Å². The maximum atomic E-state index is 13.6. The second kappa shape index (κ2) is 12.5. The molecule has 1 amide bonds. The molecule has 0 spiro atoms. The second-order valence-electron chi connectivity index (χ2n) is 8.91. The molecule has 198 valence electrons. The highest BCUT2D eigenvalue weighted by Crippen LogP contribution is 2.23. The number of nitrogens with zero attached hydrogens (tertiary/aromatic N) is 1. The molecule has 0 bridgehead atoms. The van der Waals surface area contributed by atoms with E-state index in [1.54, 1.807) is 4.90 Å². The van der Waals surface area contributed by atoms with Crippen molar-refractivity contribution in [3.8, 4) is 11.5 Å². The fourth-order valence-corrected chi connectivity index (χ4v) is 4.18. The molecule has 0 aliphatic carbocycles. The molecule has 0 aliphatic rings. The number of carbonyl (C=O) groups is 3. The number of hydrogen-bond donors (Lipinski definition) is 3. The first-order valence-electron chi connectivity index (χ1n) is 12.2.